The molecule has 1 aliphatic heterocycles. The summed E-state index contributed by atoms with van der Waals surface area (Å²) in [5, 5.41) is 7.37. The van der Waals surface area contributed by atoms with Gasteiger partial charge in [-0.15, -0.1) is 0 Å². The lowest BCUT2D eigenvalue weighted by Gasteiger charge is -2.35. The van der Waals surface area contributed by atoms with E-state index in [9.17, 15) is 4.79 Å². The Labute approximate surface area is 140 Å². The zero-order valence-electron chi connectivity index (χ0n) is 13.4. The second-order valence-electron chi connectivity index (χ2n) is 6.00. The number of urea groups is 1. The van der Waals surface area contributed by atoms with E-state index >= 15 is 0 Å². The van der Waals surface area contributed by atoms with Crippen LogP contribution in [0.3, 0.4) is 0 Å². The van der Waals surface area contributed by atoms with Crippen LogP contribution in [0.25, 0.3) is 0 Å². The predicted molar refractivity (Wildman–Crippen MR) is 91.4 cm³/mol. The predicted octanol–water partition coefficient (Wildman–Crippen LogP) is 1.86. The van der Waals surface area contributed by atoms with Gasteiger partial charge in [-0.1, -0.05) is 0 Å². The van der Waals surface area contributed by atoms with Gasteiger partial charge in [0.2, 0.25) is 0 Å². The number of amides is 2. The fraction of sp³-hybridized carbons (Fsp3) is 0.500. The molecule has 124 valence electrons. The first-order valence-corrected chi connectivity index (χ1v) is 8.89. The summed E-state index contributed by atoms with van der Waals surface area (Å²) in [5.74, 6) is 0. The molecule has 0 aliphatic carbocycles. The van der Waals surface area contributed by atoms with Crippen molar-refractivity contribution in [3.8, 4) is 0 Å². The van der Waals surface area contributed by atoms with E-state index in [4.69, 9.17) is 0 Å². The third kappa shape index (κ3) is 4.56. The number of thiophene rings is 1. The number of carbonyl (C=O) groups is 1. The van der Waals surface area contributed by atoms with E-state index in [1.807, 2.05) is 22.6 Å². The normalized spacial score (nSPS) is 17.2. The monoisotopic (exact) mass is 333 g/mol. The van der Waals surface area contributed by atoms with Gasteiger partial charge in [-0.05, 0) is 29.3 Å². The minimum Gasteiger partial charge on any atom is -0.335 e. The van der Waals surface area contributed by atoms with E-state index in [0.29, 0.717) is 0 Å². The number of imidazole rings is 1. The minimum absolute atomic E-state index is 0.0350. The van der Waals surface area contributed by atoms with Crippen LogP contribution < -0.4 is 5.32 Å². The standard InChI is InChI=1S/C16H23N5OS/c1-14(10-20-4-3-17-13-20)18-16(22)21-7-5-19(6-8-21)11-15-2-9-23-12-15/h2-4,9,12-14H,5-8,10-11H2,1H3,(H,18,22)/t14-/m1/s1. The molecule has 23 heavy (non-hydrogen) atoms. The van der Waals surface area contributed by atoms with Gasteiger partial charge in [0.15, 0.2) is 0 Å². The Bertz CT molecular complexity index is 590. The Morgan fingerprint density at radius 1 is 1.39 bits per heavy atom. The maximum absolute atomic E-state index is 12.3. The summed E-state index contributed by atoms with van der Waals surface area (Å²) in [7, 11) is 0. The lowest BCUT2D eigenvalue weighted by atomic mass is 10.2. The van der Waals surface area contributed by atoms with Crippen LogP contribution >= 0.6 is 11.3 Å². The van der Waals surface area contributed by atoms with Crippen LogP contribution in [0.1, 0.15) is 12.5 Å². The fourth-order valence-electron chi connectivity index (χ4n) is 2.81. The summed E-state index contributed by atoms with van der Waals surface area (Å²) in [4.78, 5) is 20.7. The highest BCUT2D eigenvalue weighted by Gasteiger charge is 2.22. The Kier molecular flexibility index (Phi) is 5.30. The molecule has 1 aliphatic rings. The van der Waals surface area contributed by atoms with Crippen LogP contribution in [-0.4, -0.2) is 57.6 Å². The number of hydrogen-bond acceptors (Lipinski definition) is 4. The van der Waals surface area contributed by atoms with E-state index in [-0.39, 0.29) is 12.1 Å². The van der Waals surface area contributed by atoms with Gasteiger partial charge in [-0.3, -0.25) is 4.90 Å². The van der Waals surface area contributed by atoms with Gasteiger partial charge >= 0.3 is 6.03 Å². The van der Waals surface area contributed by atoms with Gasteiger partial charge in [0, 0.05) is 57.7 Å². The second kappa shape index (κ2) is 7.61. The number of carbonyl (C=O) groups excluding carboxylic acids is 1. The van der Waals surface area contributed by atoms with E-state index in [0.717, 1.165) is 39.3 Å². The summed E-state index contributed by atoms with van der Waals surface area (Å²) < 4.78 is 1.98. The van der Waals surface area contributed by atoms with Crippen molar-refractivity contribution >= 4 is 17.4 Å². The largest absolute Gasteiger partial charge is 0.335 e. The highest BCUT2D eigenvalue weighted by atomic mass is 32.1. The maximum Gasteiger partial charge on any atom is 0.317 e. The van der Waals surface area contributed by atoms with Crippen LogP contribution in [0.4, 0.5) is 4.79 Å². The molecule has 6 nitrogen and oxygen atoms in total. The molecule has 0 spiro atoms. The Hall–Kier alpha value is -1.86. The molecule has 0 bridgehead atoms. The third-order valence-corrected chi connectivity index (χ3v) is 4.79. The molecular weight excluding hydrogens is 310 g/mol. The molecule has 2 aromatic heterocycles. The Balaban J connectivity index is 1.41. The van der Waals surface area contributed by atoms with E-state index in [2.05, 4.69) is 32.0 Å². The van der Waals surface area contributed by atoms with Gasteiger partial charge in [0.05, 0.1) is 6.33 Å². The zero-order valence-corrected chi connectivity index (χ0v) is 14.2. The van der Waals surface area contributed by atoms with Crippen LogP contribution in [0, 0.1) is 0 Å². The molecule has 0 unspecified atom stereocenters. The van der Waals surface area contributed by atoms with Crippen LogP contribution in [-0.2, 0) is 13.1 Å². The molecular formula is C16H23N5OS. The number of nitrogens with zero attached hydrogens (tertiary/aromatic N) is 4. The molecule has 3 heterocycles. The van der Waals surface area contributed by atoms with Gasteiger partial charge in [0.1, 0.15) is 0 Å². The van der Waals surface area contributed by atoms with Gasteiger partial charge in [-0.25, -0.2) is 9.78 Å². The van der Waals surface area contributed by atoms with Crippen molar-refractivity contribution in [2.75, 3.05) is 26.2 Å². The molecule has 2 amide bonds. The third-order valence-electron chi connectivity index (χ3n) is 4.06. The molecule has 0 radical (unpaired) electrons. The summed E-state index contributed by atoms with van der Waals surface area (Å²) in [5.41, 5.74) is 1.36. The van der Waals surface area contributed by atoms with Crippen LogP contribution in [0.15, 0.2) is 35.5 Å². The van der Waals surface area contributed by atoms with Crippen molar-refractivity contribution in [1.29, 1.82) is 0 Å². The summed E-state index contributed by atoms with van der Waals surface area (Å²) in [6.45, 7) is 7.17. The first-order valence-electron chi connectivity index (χ1n) is 7.95. The number of piperazine rings is 1. The van der Waals surface area contributed by atoms with Gasteiger partial charge < -0.3 is 14.8 Å². The first kappa shape index (κ1) is 16.0. The number of hydrogen-bond donors (Lipinski definition) is 1. The average molecular weight is 333 g/mol. The summed E-state index contributed by atoms with van der Waals surface area (Å²) in [6.07, 6.45) is 5.43. The molecule has 2 aromatic rings. The van der Waals surface area contributed by atoms with Crippen molar-refractivity contribution in [1.82, 2.24) is 24.7 Å². The molecule has 0 aromatic carbocycles. The van der Waals surface area contributed by atoms with Crippen molar-refractivity contribution in [3.63, 3.8) is 0 Å². The lowest BCUT2D eigenvalue weighted by molar-refractivity contribution is 0.133. The summed E-state index contributed by atoms with van der Waals surface area (Å²) >= 11 is 1.73. The highest BCUT2D eigenvalue weighted by molar-refractivity contribution is 7.07. The molecule has 7 heteroatoms. The molecule has 0 saturated carbocycles. The van der Waals surface area contributed by atoms with Gasteiger partial charge in [0.25, 0.3) is 0 Å². The maximum atomic E-state index is 12.3. The molecule has 1 saturated heterocycles. The van der Waals surface area contributed by atoms with Crippen molar-refractivity contribution in [2.45, 2.75) is 26.1 Å². The zero-order chi connectivity index (χ0) is 16.1. The van der Waals surface area contributed by atoms with E-state index in [1.165, 1.54) is 5.56 Å². The van der Waals surface area contributed by atoms with Gasteiger partial charge in [-0.2, -0.15) is 11.3 Å². The molecule has 3 rings (SSSR count). The second-order valence-corrected chi connectivity index (χ2v) is 6.78. The topological polar surface area (TPSA) is 53.4 Å². The Morgan fingerprint density at radius 2 is 2.22 bits per heavy atom. The highest BCUT2D eigenvalue weighted by Crippen LogP contribution is 2.11. The summed E-state index contributed by atoms with van der Waals surface area (Å²) in [6, 6.07) is 2.29. The lowest BCUT2D eigenvalue weighted by Crippen LogP contribution is -2.53. The number of aromatic nitrogens is 2. The molecule has 1 fully saturated rings. The fourth-order valence-corrected chi connectivity index (χ4v) is 3.47. The van der Waals surface area contributed by atoms with Crippen LogP contribution in [0.2, 0.25) is 0 Å². The van der Waals surface area contributed by atoms with Crippen molar-refractivity contribution < 1.29 is 4.79 Å². The first-order chi connectivity index (χ1) is 11.2. The molecule has 1 atom stereocenters. The van der Waals surface area contributed by atoms with Crippen LogP contribution in [0.5, 0.6) is 0 Å². The smallest absolute Gasteiger partial charge is 0.317 e. The number of nitrogens with one attached hydrogen (secondary N) is 1. The minimum atomic E-state index is 0.0350. The quantitative estimate of drug-likeness (QED) is 0.909. The van der Waals surface area contributed by atoms with E-state index < -0.39 is 0 Å². The van der Waals surface area contributed by atoms with E-state index in [1.54, 1.807) is 23.9 Å². The number of rotatable bonds is 5. The average Bonchev–Trinajstić information content (AvgIpc) is 3.21. The Morgan fingerprint density at radius 3 is 2.87 bits per heavy atom. The molecule has 1 N–H and O–H groups in total. The SMILES string of the molecule is C[C@H](Cn1ccnc1)NC(=O)N1CCN(Cc2ccsc2)CC1. The van der Waals surface area contributed by atoms with Crippen molar-refractivity contribution in [2.24, 2.45) is 0 Å². The van der Waals surface area contributed by atoms with Crippen molar-refractivity contribution in [3.05, 3.63) is 41.1 Å².